The summed E-state index contributed by atoms with van der Waals surface area (Å²) in [5.74, 6) is 0.699. The van der Waals surface area contributed by atoms with E-state index in [4.69, 9.17) is 5.26 Å². The molecule has 0 spiro atoms. The SMILES string of the molecule is N#CCc1nc(-c2ccccc2)c(-c2ccccc2)[nH]1. The molecule has 3 rings (SSSR count). The van der Waals surface area contributed by atoms with E-state index in [1.165, 1.54) is 0 Å². The van der Waals surface area contributed by atoms with E-state index >= 15 is 0 Å². The predicted molar refractivity (Wildman–Crippen MR) is 78.8 cm³/mol. The van der Waals surface area contributed by atoms with Crippen LogP contribution in [0.1, 0.15) is 5.82 Å². The number of nitriles is 1. The topological polar surface area (TPSA) is 52.5 Å². The van der Waals surface area contributed by atoms with Crippen molar-refractivity contribution in [3.05, 3.63) is 66.5 Å². The molecule has 96 valence electrons. The second kappa shape index (κ2) is 5.41. The molecule has 2 aromatic carbocycles. The van der Waals surface area contributed by atoms with Gasteiger partial charge in [0, 0.05) is 11.1 Å². The molecule has 0 saturated carbocycles. The largest absolute Gasteiger partial charge is 0.341 e. The molecular weight excluding hydrogens is 246 g/mol. The van der Waals surface area contributed by atoms with Gasteiger partial charge in [0.05, 0.1) is 23.9 Å². The van der Waals surface area contributed by atoms with E-state index < -0.39 is 0 Å². The van der Waals surface area contributed by atoms with Crippen molar-refractivity contribution in [2.75, 3.05) is 0 Å². The minimum absolute atomic E-state index is 0.284. The summed E-state index contributed by atoms with van der Waals surface area (Å²) < 4.78 is 0. The fourth-order valence-corrected chi connectivity index (χ4v) is 2.20. The molecular formula is C17H13N3. The van der Waals surface area contributed by atoms with E-state index in [1.54, 1.807) is 0 Å². The third-order valence-electron chi connectivity index (χ3n) is 3.11. The monoisotopic (exact) mass is 259 g/mol. The van der Waals surface area contributed by atoms with Gasteiger partial charge in [0.25, 0.3) is 0 Å². The summed E-state index contributed by atoms with van der Waals surface area (Å²) in [5, 5.41) is 8.85. The Labute approximate surface area is 117 Å². The van der Waals surface area contributed by atoms with Crippen LogP contribution in [0.3, 0.4) is 0 Å². The summed E-state index contributed by atoms with van der Waals surface area (Å²) in [6, 6.07) is 22.2. The summed E-state index contributed by atoms with van der Waals surface area (Å²) in [5.41, 5.74) is 3.97. The Morgan fingerprint density at radius 3 is 2.10 bits per heavy atom. The van der Waals surface area contributed by atoms with Crippen molar-refractivity contribution >= 4 is 0 Å². The minimum Gasteiger partial charge on any atom is -0.341 e. The Kier molecular flexibility index (Phi) is 3.30. The normalized spacial score (nSPS) is 10.2. The van der Waals surface area contributed by atoms with Crippen LogP contribution in [0, 0.1) is 11.3 Å². The second-order valence-corrected chi connectivity index (χ2v) is 4.47. The quantitative estimate of drug-likeness (QED) is 0.777. The second-order valence-electron chi connectivity index (χ2n) is 4.47. The van der Waals surface area contributed by atoms with Gasteiger partial charge in [-0.1, -0.05) is 60.7 Å². The highest BCUT2D eigenvalue weighted by Gasteiger charge is 2.13. The molecule has 3 nitrogen and oxygen atoms in total. The first-order valence-electron chi connectivity index (χ1n) is 6.45. The van der Waals surface area contributed by atoms with Crippen molar-refractivity contribution in [2.24, 2.45) is 0 Å². The number of imidazole rings is 1. The van der Waals surface area contributed by atoms with Gasteiger partial charge in [-0.15, -0.1) is 0 Å². The number of hydrogen-bond donors (Lipinski definition) is 1. The molecule has 0 atom stereocenters. The third-order valence-corrected chi connectivity index (χ3v) is 3.11. The van der Waals surface area contributed by atoms with Crippen molar-refractivity contribution in [3.63, 3.8) is 0 Å². The third kappa shape index (κ3) is 2.32. The van der Waals surface area contributed by atoms with Crippen LogP contribution in [-0.4, -0.2) is 9.97 Å². The summed E-state index contributed by atoms with van der Waals surface area (Å²) >= 11 is 0. The van der Waals surface area contributed by atoms with Crippen molar-refractivity contribution < 1.29 is 0 Å². The van der Waals surface area contributed by atoms with Crippen LogP contribution in [0.25, 0.3) is 22.5 Å². The molecule has 1 aromatic heterocycles. The number of rotatable bonds is 3. The molecule has 1 heterocycles. The molecule has 20 heavy (non-hydrogen) atoms. The van der Waals surface area contributed by atoms with Crippen LogP contribution >= 0.6 is 0 Å². The molecule has 0 aliphatic carbocycles. The van der Waals surface area contributed by atoms with E-state index in [1.807, 2.05) is 60.7 Å². The maximum absolute atomic E-state index is 8.85. The molecule has 0 amide bonds. The minimum atomic E-state index is 0.284. The molecule has 0 aliphatic heterocycles. The number of aromatic nitrogens is 2. The first kappa shape index (κ1) is 12.2. The Morgan fingerprint density at radius 1 is 0.900 bits per heavy atom. The highest BCUT2D eigenvalue weighted by atomic mass is 14.9. The van der Waals surface area contributed by atoms with Gasteiger partial charge < -0.3 is 4.98 Å². The molecule has 0 fully saturated rings. The van der Waals surface area contributed by atoms with Gasteiger partial charge >= 0.3 is 0 Å². The molecule has 3 aromatic rings. The van der Waals surface area contributed by atoms with Crippen LogP contribution in [-0.2, 0) is 6.42 Å². The molecule has 0 aliphatic rings. The highest BCUT2D eigenvalue weighted by Crippen LogP contribution is 2.29. The predicted octanol–water partition coefficient (Wildman–Crippen LogP) is 3.81. The maximum Gasteiger partial charge on any atom is 0.121 e. The van der Waals surface area contributed by atoms with Crippen molar-refractivity contribution in [1.29, 1.82) is 5.26 Å². The van der Waals surface area contributed by atoms with Crippen LogP contribution in [0.2, 0.25) is 0 Å². The lowest BCUT2D eigenvalue weighted by molar-refractivity contribution is 1.07. The fourth-order valence-electron chi connectivity index (χ4n) is 2.20. The smallest absolute Gasteiger partial charge is 0.121 e. The van der Waals surface area contributed by atoms with E-state index in [-0.39, 0.29) is 6.42 Å². The van der Waals surface area contributed by atoms with Crippen LogP contribution in [0.5, 0.6) is 0 Å². The number of hydrogen-bond acceptors (Lipinski definition) is 2. The Balaban J connectivity index is 2.16. The van der Waals surface area contributed by atoms with Crippen LogP contribution < -0.4 is 0 Å². The molecule has 0 unspecified atom stereocenters. The summed E-state index contributed by atoms with van der Waals surface area (Å²) in [6.45, 7) is 0. The van der Waals surface area contributed by atoms with Gasteiger partial charge in [0.1, 0.15) is 5.82 Å². The Morgan fingerprint density at radius 2 is 1.50 bits per heavy atom. The summed E-state index contributed by atoms with van der Waals surface area (Å²) in [7, 11) is 0. The Bertz CT molecular complexity index is 680. The Hall–Kier alpha value is -2.86. The van der Waals surface area contributed by atoms with Crippen LogP contribution in [0.15, 0.2) is 60.7 Å². The van der Waals surface area contributed by atoms with E-state index in [0.29, 0.717) is 5.82 Å². The van der Waals surface area contributed by atoms with Gasteiger partial charge in [-0.2, -0.15) is 5.26 Å². The maximum atomic E-state index is 8.85. The first-order valence-corrected chi connectivity index (χ1v) is 6.45. The fraction of sp³-hybridized carbons (Fsp3) is 0.0588. The summed E-state index contributed by atoms with van der Waals surface area (Å²) in [6.07, 6.45) is 0.284. The number of H-pyrrole nitrogens is 1. The number of nitrogens with one attached hydrogen (secondary N) is 1. The molecule has 0 saturated heterocycles. The average Bonchev–Trinajstić information content (AvgIpc) is 2.93. The van der Waals surface area contributed by atoms with Gasteiger partial charge in [-0.05, 0) is 0 Å². The number of aromatic amines is 1. The van der Waals surface area contributed by atoms with E-state index in [9.17, 15) is 0 Å². The van der Waals surface area contributed by atoms with Gasteiger partial charge in [0.2, 0.25) is 0 Å². The van der Waals surface area contributed by atoms with Gasteiger partial charge in [0.15, 0.2) is 0 Å². The number of benzene rings is 2. The highest BCUT2D eigenvalue weighted by molar-refractivity contribution is 5.78. The molecule has 0 radical (unpaired) electrons. The van der Waals surface area contributed by atoms with E-state index in [0.717, 1.165) is 22.5 Å². The van der Waals surface area contributed by atoms with Crippen molar-refractivity contribution in [3.8, 4) is 28.6 Å². The van der Waals surface area contributed by atoms with E-state index in [2.05, 4.69) is 16.0 Å². The van der Waals surface area contributed by atoms with Crippen molar-refractivity contribution in [2.45, 2.75) is 6.42 Å². The zero-order valence-electron chi connectivity index (χ0n) is 10.9. The zero-order valence-corrected chi connectivity index (χ0v) is 10.9. The van der Waals surface area contributed by atoms with Gasteiger partial charge in [-0.3, -0.25) is 0 Å². The number of nitrogens with zero attached hydrogens (tertiary/aromatic N) is 2. The lowest BCUT2D eigenvalue weighted by Gasteiger charge is -2.02. The summed E-state index contributed by atoms with van der Waals surface area (Å²) in [4.78, 5) is 7.83. The molecule has 3 heteroatoms. The van der Waals surface area contributed by atoms with Crippen molar-refractivity contribution in [1.82, 2.24) is 9.97 Å². The molecule has 0 bridgehead atoms. The lowest BCUT2D eigenvalue weighted by Crippen LogP contribution is -1.83. The molecule has 1 N–H and O–H groups in total. The average molecular weight is 259 g/mol. The van der Waals surface area contributed by atoms with Crippen LogP contribution in [0.4, 0.5) is 0 Å². The van der Waals surface area contributed by atoms with Gasteiger partial charge in [-0.25, -0.2) is 4.98 Å². The zero-order chi connectivity index (χ0) is 13.8. The standard InChI is InChI=1S/C17H13N3/c18-12-11-15-19-16(13-7-3-1-4-8-13)17(20-15)14-9-5-2-6-10-14/h1-10H,11H2,(H,19,20). The lowest BCUT2D eigenvalue weighted by atomic mass is 10.1. The first-order chi connectivity index (χ1) is 9.88.